The van der Waals surface area contributed by atoms with Crippen molar-refractivity contribution in [3.05, 3.63) is 59.7 Å². The van der Waals surface area contributed by atoms with Gasteiger partial charge in [0.25, 0.3) is 0 Å². The zero-order valence-electron chi connectivity index (χ0n) is 13.4. The second kappa shape index (κ2) is 7.59. The van der Waals surface area contributed by atoms with E-state index in [1.54, 1.807) is 0 Å². The van der Waals surface area contributed by atoms with Gasteiger partial charge in [-0.25, -0.2) is 4.98 Å². The summed E-state index contributed by atoms with van der Waals surface area (Å²) in [6.45, 7) is 4.02. The molecule has 0 fully saturated rings. The quantitative estimate of drug-likeness (QED) is 0.682. The monoisotopic (exact) mass is 355 g/mol. The van der Waals surface area contributed by atoms with Crippen LogP contribution in [-0.2, 0) is 4.79 Å². The minimum absolute atomic E-state index is 0.0402. The average Bonchev–Trinajstić information content (AvgIpc) is 3.04. The van der Waals surface area contributed by atoms with Gasteiger partial charge in [-0.2, -0.15) is 4.37 Å². The fourth-order valence-corrected chi connectivity index (χ4v) is 3.61. The van der Waals surface area contributed by atoms with Gasteiger partial charge in [-0.15, -0.1) is 0 Å². The van der Waals surface area contributed by atoms with Crippen LogP contribution >= 0.6 is 23.3 Å². The number of hydrogen-bond donors (Lipinski definition) is 1. The second-order valence-electron chi connectivity index (χ2n) is 5.41. The van der Waals surface area contributed by atoms with E-state index in [9.17, 15) is 4.79 Å². The third-order valence-corrected chi connectivity index (χ3v) is 5.26. The normalized spacial score (nSPS) is 10.6. The van der Waals surface area contributed by atoms with Crippen LogP contribution < -0.4 is 5.32 Å². The van der Waals surface area contributed by atoms with Crippen molar-refractivity contribution in [2.75, 3.05) is 11.1 Å². The SMILES string of the molecule is Cc1cccc(-c2nsc(SCC(=O)Nc3ccccc3C)n2)c1. The molecule has 0 saturated carbocycles. The Labute approximate surface area is 149 Å². The number of para-hydroxylation sites is 1. The molecule has 0 atom stereocenters. The lowest BCUT2D eigenvalue weighted by molar-refractivity contribution is -0.113. The van der Waals surface area contributed by atoms with Crippen molar-refractivity contribution in [1.29, 1.82) is 0 Å². The van der Waals surface area contributed by atoms with Crippen LogP contribution in [0.2, 0.25) is 0 Å². The lowest BCUT2D eigenvalue weighted by Gasteiger charge is -2.06. The highest BCUT2D eigenvalue weighted by Gasteiger charge is 2.10. The molecule has 0 radical (unpaired) electrons. The summed E-state index contributed by atoms with van der Waals surface area (Å²) in [7, 11) is 0. The average molecular weight is 355 g/mol. The molecular weight excluding hydrogens is 338 g/mol. The van der Waals surface area contributed by atoms with Gasteiger partial charge in [0.15, 0.2) is 10.2 Å². The van der Waals surface area contributed by atoms with Crippen molar-refractivity contribution in [3.63, 3.8) is 0 Å². The molecule has 1 aromatic heterocycles. The van der Waals surface area contributed by atoms with Crippen molar-refractivity contribution < 1.29 is 4.79 Å². The smallest absolute Gasteiger partial charge is 0.234 e. The molecule has 2 aromatic carbocycles. The van der Waals surface area contributed by atoms with Crippen molar-refractivity contribution in [2.45, 2.75) is 18.2 Å². The summed E-state index contributed by atoms with van der Waals surface area (Å²) in [4.78, 5) is 16.6. The Morgan fingerprint density at radius 1 is 1.17 bits per heavy atom. The maximum atomic E-state index is 12.1. The summed E-state index contributed by atoms with van der Waals surface area (Å²) >= 11 is 2.73. The number of nitrogens with one attached hydrogen (secondary N) is 1. The Morgan fingerprint density at radius 3 is 2.79 bits per heavy atom. The Kier molecular flexibility index (Phi) is 5.27. The molecule has 1 N–H and O–H groups in total. The number of aromatic nitrogens is 2. The summed E-state index contributed by atoms with van der Waals surface area (Å²) in [6, 6.07) is 15.8. The van der Waals surface area contributed by atoms with Crippen LogP contribution in [0.25, 0.3) is 11.4 Å². The van der Waals surface area contributed by atoms with E-state index in [1.807, 2.05) is 56.3 Å². The molecule has 122 valence electrons. The van der Waals surface area contributed by atoms with Gasteiger partial charge in [0, 0.05) is 11.3 Å². The van der Waals surface area contributed by atoms with E-state index >= 15 is 0 Å². The largest absolute Gasteiger partial charge is 0.325 e. The minimum atomic E-state index is -0.0402. The number of hydrogen-bond acceptors (Lipinski definition) is 5. The third kappa shape index (κ3) is 4.21. The van der Waals surface area contributed by atoms with E-state index in [-0.39, 0.29) is 5.91 Å². The highest BCUT2D eigenvalue weighted by atomic mass is 32.2. The molecule has 0 aliphatic carbocycles. The van der Waals surface area contributed by atoms with Gasteiger partial charge in [-0.1, -0.05) is 53.7 Å². The predicted molar refractivity (Wildman–Crippen MR) is 101 cm³/mol. The van der Waals surface area contributed by atoms with Crippen molar-refractivity contribution in [2.24, 2.45) is 0 Å². The number of rotatable bonds is 5. The molecule has 4 nitrogen and oxygen atoms in total. The van der Waals surface area contributed by atoms with E-state index in [2.05, 4.69) is 20.7 Å². The van der Waals surface area contributed by atoms with E-state index in [4.69, 9.17) is 0 Å². The molecule has 6 heteroatoms. The zero-order chi connectivity index (χ0) is 16.9. The minimum Gasteiger partial charge on any atom is -0.325 e. The highest BCUT2D eigenvalue weighted by molar-refractivity contribution is 8.01. The lowest BCUT2D eigenvalue weighted by Crippen LogP contribution is -2.14. The first-order valence-electron chi connectivity index (χ1n) is 7.51. The summed E-state index contributed by atoms with van der Waals surface area (Å²) in [5, 5.41) is 2.92. The lowest BCUT2D eigenvalue weighted by atomic mass is 10.1. The van der Waals surface area contributed by atoms with Crippen LogP contribution in [0.5, 0.6) is 0 Å². The molecule has 1 amide bonds. The second-order valence-corrected chi connectivity index (χ2v) is 7.38. The van der Waals surface area contributed by atoms with Crippen LogP contribution in [0.1, 0.15) is 11.1 Å². The number of aryl methyl sites for hydroxylation is 2. The summed E-state index contributed by atoms with van der Waals surface area (Å²) in [6.07, 6.45) is 0. The van der Waals surface area contributed by atoms with Gasteiger partial charge in [0.05, 0.1) is 5.75 Å². The third-order valence-electron chi connectivity index (χ3n) is 3.43. The Bertz CT molecular complexity index is 861. The maximum absolute atomic E-state index is 12.1. The van der Waals surface area contributed by atoms with Gasteiger partial charge >= 0.3 is 0 Å². The van der Waals surface area contributed by atoms with Crippen LogP contribution in [0.15, 0.2) is 52.9 Å². The van der Waals surface area contributed by atoms with Gasteiger partial charge in [-0.05, 0) is 43.1 Å². The standard InChI is InChI=1S/C18H17N3OS2/c1-12-6-5-8-14(10-12)17-20-18(24-21-17)23-11-16(22)19-15-9-4-3-7-13(15)2/h3-10H,11H2,1-2H3,(H,19,22). The molecule has 0 spiro atoms. The van der Waals surface area contributed by atoms with Gasteiger partial charge in [0.2, 0.25) is 5.91 Å². The van der Waals surface area contributed by atoms with Crippen LogP contribution in [0.3, 0.4) is 0 Å². The molecule has 3 rings (SSSR count). The molecule has 0 aliphatic rings. The van der Waals surface area contributed by atoms with Crippen LogP contribution in [-0.4, -0.2) is 21.0 Å². The number of carbonyl (C=O) groups is 1. The number of anilines is 1. The highest BCUT2D eigenvalue weighted by Crippen LogP contribution is 2.26. The molecule has 1 heterocycles. The van der Waals surface area contributed by atoms with Gasteiger partial charge in [0.1, 0.15) is 0 Å². The van der Waals surface area contributed by atoms with E-state index in [1.165, 1.54) is 28.9 Å². The number of benzene rings is 2. The molecule has 3 aromatic rings. The van der Waals surface area contributed by atoms with E-state index < -0.39 is 0 Å². The van der Waals surface area contributed by atoms with Crippen LogP contribution in [0, 0.1) is 13.8 Å². The Morgan fingerprint density at radius 2 is 2.00 bits per heavy atom. The summed E-state index contributed by atoms with van der Waals surface area (Å²) in [5.41, 5.74) is 4.07. The first-order valence-corrected chi connectivity index (χ1v) is 9.27. The van der Waals surface area contributed by atoms with Gasteiger partial charge in [-0.3, -0.25) is 4.79 Å². The number of thioether (sulfide) groups is 1. The summed E-state index contributed by atoms with van der Waals surface area (Å²) < 4.78 is 5.18. The molecule has 0 bridgehead atoms. The number of carbonyl (C=O) groups excluding carboxylic acids is 1. The molecule has 0 aliphatic heterocycles. The first-order chi connectivity index (χ1) is 11.6. The number of nitrogens with zero attached hydrogens (tertiary/aromatic N) is 2. The van der Waals surface area contributed by atoms with Crippen LogP contribution in [0.4, 0.5) is 5.69 Å². The van der Waals surface area contributed by atoms with E-state index in [0.717, 1.165) is 21.2 Å². The molecule has 24 heavy (non-hydrogen) atoms. The van der Waals surface area contributed by atoms with Crippen molar-refractivity contribution in [3.8, 4) is 11.4 Å². The molecule has 0 unspecified atom stereocenters. The first kappa shape index (κ1) is 16.7. The molecule has 0 saturated heterocycles. The van der Waals surface area contributed by atoms with Crippen molar-refractivity contribution >= 4 is 34.9 Å². The predicted octanol–water partition coefficient (Wildman–Crippen LogP) is 4.55. The topological polar surface area (TPSA) is 54.9 Å². The fourth-order valence-electron chi connectivity index (χ4n) is 2.20. The van der Waals surface area contributed by atoms with E-state index in [0.29, 0.717) is 11.6 Å². The van der Waals surface area contributed by atoms with Crippen molar-refractivity contribution in [1.82, 2.24) is 9.36 Å². The Hall–Kier alpha value is -2.18. The van der Waals surface area contributed by atoms with Gasteiger partial charge < -0.3 is 5.32 Å². The molecular formula is C18H17N3OS2. The zero-order valence-corrected chi connectivity index (χ0v) is 15.1. The maximum Gasteiger partial charge on any atom is 0.234 e. The summed E-state index contributed by atoms with van der Waals surface area (Å²) in [5.74, 6) is 0.990. The number of amides is 1. The Balaban J connectivity index is 1.59. The fraction of sp³-hybridized carbons (Fsp3) is 0.167.